The fourth-order valence-electron chi connectivity index (χ4n) is 3.71. The van der Waals surface area contributed by atoms with Gasteiger partial charge in [-0.3, -0.25) is 9.59 Å². The monoisotopic (exact) mass is 498 g/mol. The number of carboxylic acids is 1. The van der Waals surface area contributed by atoms with Crippen molar-refractivity contribution in [3.05, 3.63) is 29.8 Å². The van der Waals surface area contributed by atoms with Crippen LogP contribution >= 0.6 is 21.6 Å². The van der Waals surface area contributed by atoms with E-state index >= 15 is 0 Å². The van der Waals surface area contributed by atoms with E-state index in [2.05, 4.69) is 6.58 Å². The third kappa shape index (κ3) is 5.50. The van der Waals surface area contributed by atoms with E-state index in [4.69, 9.17) is 19.3 Å². The van der Waals surface area contributed by atoms with Crippen LogP contribution < -0.4 is 14.4 Å². The number of carbonyl (C=O) groups is 3. The number of benzene rings is 1. The molecule has 0 radical (unpaired) electrons. The summed E-state index contributed by atoms with van der Waals surface area (Å²) in [5, 5.41) is 19.8. The van der Waals surface area contributed by atoms with Crippen molar-refractivity contribution in [2.45, 2.75) is 25.1 Å². The molecule has 2 heterocycles. The van der Waals surface area contributed by atoms with E-state index in [1.54, 1.807) is 0 Å². The molecular weight excluding hydrogens is 472 g/mol. The van der Waals surface area contributed by atoms with E-state index < -0.39 is 24.3 Å². The summed E-state index contributed by atoms with van der Waals surface area (Å²) in [7, 11) is 5.64. The molecule has 33 heavy (non-hydrogen) atoms. The highest BCUT2D eigenvalue weighted by atomic mass is 33.1. The molecule has 3 rings (SSSR count). The maximum Gasteiger partial charge on any atom is 0.416 e. The van der Waals surface area contributed by atoms with Gasteiger partial charge in [0.1, 0.15) is 6.61 Å². The van der Waals surface area contributed by atoms with Gasteiger partial charge in [0.05, 0.1) is 37.9 Å². The van der Waals surface area contributed by atoms with Crippen molar-refractivity contribution >= 4 is 45.2 Å². The maximum atomic E-state index is 13.3. The van der Waals surface area contributed by atoms with Gasteiger partial charge in [0, 0.05) is 24.1 Å². The molecule has 0 spiro atoms. The fourth-order valence-corrected chi connectivity index (χ4v) is 5.52. The predicted octanol–water partition coefficient (Wildman–Crippen LogP) is 2.61. The normalized spacial score (nSPS) is 19.6. The minimum atomic E-state index is -1.35. The average molecular weight is 499 g/mol. The summed E-state index contributed by atoms with van der Waals surface area (Å²) in [4.78, 5) is 39.5. The molecule has 1 fully saturated rings. The highest BCUT2D eigenvalue weighted by molar-refractivity contribution is 8.76. The average Bonchev–Trinajstić information content (AvgIpc) is 3.16. The molecule has 0 bridgehead atoms. The SMILES string of the molecule is C=C1C[C@H]2C(O)N(C(=O)OCCSSCCC(=O)O)c3cc(OC)c(OC)cc3C(=O)N2C1. The van der Waals surface area contributed by atoms with Crippen LogP contribution in [0.2, 0.25) is 0 Å². The smallest absolute Gasteiger partial charge is 0.416 e. The highest BCUT2D eigenvalue weighted by Crippen LogP contribution is 2.41. The van der Waals surface area contributed by atoms with Gasteiger partial charge in [0.15, 0.2) is 17.7 Å². The Morgan fingerprint density at radius 1 is 1.18 bits per heavy atom. The molecule has 0 aliphatic carbocycles. The number of anilines is 1. The van der Waals surface area contributed by atoms with Crippen molar-refractivity contribution in [2.75, 3.05) is 43.8 Å². The summed E-state index contributed by atoms with van der Waals surface area (Å²) < 4.78 is 16.0. The molecule has 2 aliphatic rings. The second-order valence-electron chi connectivity index (χ2n) is 7.36. The number of methoxy groups -OCH3 is 2. The van der Waals surface area contributed by atoms with E-state index in [9.17, 15) is 19.5 Å². The molecule has 12 heteroatoms. The molecule has 10 nitrogen and oxygen atoms in total. The van der Waals surface area contributed by atoms with Crippen molar-refractivity contribution < 1.29 is 38.8 Å². The molecule has 1 aromatic rings. The molecule has 1 unspecified atom stereocenters. The topological polar surface area (TPSA) is 126 Å². The quantitative estimate of drug-likeness (QED) is 0.298. The van der Waals surface area contributed by atoms with E-state index in [0.29, 0.717) is 29.4 Å². The molecule has 0 saturated carbocycles. The number of nitrogens with zero attached hydrogens (tertiary/aromatic N) is 2. The van der Waals surface area contributed by atoms with Crippen molar-refractivity contribution in [1.29, 1.82) is 0 Å². The third-order valence-corrected chi connectivity index (χ3v) is 7.60. The summed E-state index contributed by atoms with van der Waals surface area (Å²) >= 11 is 0. The van der Waals surface area contributed by atoms with Crippen LogP contribution in [0.15, 0.2) is 24.3 Å². The van der Waals surface area contributed by atoms with Crippen LogP contribution in [0.1, 0.15) is 23.2 Å². The number of carboxylic acid groups (broad SMARTS) is 1. The number of rotatable bonds is 9. The summed E-state index contributed by atoms with van der Waals surface area (Å²) in [5.41, 5.74) is 1.12. The lowest BCUT2D eigenvalue weighted by Gasteiger charge is -2.31. The zero-order chi connectivity index (χ0) is 24.1. The van der Waals surface area contributed by atoms with Crippen LogP contribution in [0.3, 0.4) is 0 Å². The Morgan fingerprint density at radius 2 is 1.85 bits per heavy atom. The number of aliphatic carboxylic acids is 1. The standard InChI is InChI=1S/C21H26N2O8S2/c1-12-8-15-20(27)23(21(28)31-5-7-33-32-6-4-18(24)25)14-10-17(30-3)16(29-2)9-13(14)19(26)22(15)11-12/h9-10,15,20,27H,1,4-8,11H2,2-3H3,(H,24,25)/t15-,20?/m0/s1. The number of amides is 2. The van der Waals surface area contributed by atoms with Gasteiger partial charge in [-0.15, -0.1) is 0 Å². The Morgan fingerprint density at radius 3 is 2.52 bits per heavy atom. The van der Waals surface area contributed by atoms with Gasteiger partial charge in [-0.2, -0.15) is 0 Å². The Hall–Kier alpha value is -2.57. The van der Waals surface area contributed by atoms with E-state index in [1.165, 1.54) is 52.8 Å². The highest BCUT2D eigenvalue weighted by Gasteiger charge is 2.46. The van der Waals surface area contributed by atoms with E-state index in [0.717, 1.165) is 10.5 Å². The van der Waals surface area contributed by atoms with Crippen molar-refractivity contribution in [3.8, 4) is 11.5 Å². The lowest BCUT2D eigenvalue weighted by molar-refractivity contribution is -0.136. The second kappa shape index (κ2) is 11.0. The number of hydrogen-bond donors (Lipinski definition) is 2. The van der Waals surface area contributed by atoms with Crippen LogP contribution in [0.25, 0.3) is 0 Å². The number of ether oxygens (including phenoxy) is 3. The molecule has 1 saturated heterocycles. The van der Waals surface area contributed by atoms with Crippen molar-refractivity contribution in [3.63, 3.8) is 0 Å². The van der Waals surface area contributed by atoms with Gasteiger partial charge in [-0.25, -0.2) is 9.69 Å². The molecule has 2 amide bonds. The molecule has 180 valence electrons. The number of carbonyl (C=O) groups excluding carboxylic acids is 2. The first-order valence-electron chi connectivity index (χ1n) is 10.1. The zero-order valence-electron chi connectivity index (χ0n) is 18.3. The van der Waals surface area contributed by atoms with Crippen LogP contribution in [-0.2, 0) is 9.53 Å². The van der Waals surface area contributed by atoms with Gasteiger partial charge < -0.3 is 29.3 Å². The van der Waals surface area contributed by atoms with Crippen molar-refractivity contribution in [2.24, 2.45) is 0 Å². The van der Waals surface area contributed by atoms with E-state index in [1.807, 2.05) is 0 Å². The Balaban J connectivity index is 1.82. The summed E-state index contributed by atoms with van der Waals surface area (Å²) in [5.74, 6) is 0.272. The molecule has 1 aromatic carbocycles. The summed E-state index contributed by atoms with van der Waals surface area (Å²) in [6, 6.07) is 2.30. The van der Waals surface area contributed by atoms with Gasteiger partial charge in [0.2, 0.25) is 0 Å². The molecule has 0 aromatic heterocycles. The second-order valence-corrected chi connectivity index (χ2v) is 10.1. The van der Waals surface area contributed by atoms with Crippen LogP contribution in [-0.4, -0.2) is 84.2 Å². The summed E-state index contributed by atoms with van der Waals surface area (Å²) in [6.45, 7) is 4.26. The molecule has 2 aliphatic heterocycles. The number of aliphatic hydroxyl groups is 1. The van der Waals surface area contributed by atoms with Gasteiger partial charge in [-0.05, 0) is 12.5 Å². The van der Waals surface area contributed by atoms with Gasteiger partial charge in [-0.1, -0.05) is 33.7 Å². The third-order valence-electron chi connectivity index (χ3n) is 5.22. The largest absolute Gasteiger partial charge is 0.493 e. The number of aliphatic hydroxyl groups excluding tert-OH is 1. The minimum Gasteiger partial charge on any atom is -0.493 e. The van der Waals surface area contributed by atoms with Gasteiger partial charge in [0.25, 0.3) is 5.91 Å². The summed E-state index contributed by atoms with van der Waals surface area (Å²) in [6.07, 6.45) is -1.75. The van der Waals surface area contributed by atoms with Crippen LogP contribution in [0, 0.1) is 0 Å². The Labute approximate surface area is 199 Å². The first-order chi connectivity index (χ1) is 15.8. The molecular formula is C21H26N2O8S2. The Bertz CT molecular complexity index is 941. The van der Waals surface area contributed by atoms with E-state index in [-0.39, 0.29) is 36.7 Å². The molecule has 2 N–H and O–H groups in total. The number of hydrogen-bond acceptors (Lipinski definition) is 9. The van der Waals surface area contributed by atoms with Crippen LogP contribution in [0.4, 0.5) is 10.5 Å². The molecule has 2 atom stereocenters. The Kier molecular flexibility index (Phi) is 8.38. The lowest BCUT2D eigenvalue weighted by Crippen LogP contribution is -2.51. The van der Waals surface area contributed by atoms with Crippen molar-refractivity contribution in [1.82, 2.24) is 4.90 Å². The fraction of sp³-hybridized carbons (Fsp3) is 0.476. The lowest BCUT2D eigenvalue weighted by atomic mass is 10.1. The first-order valence-corrected chi connectivity index (χ1v) is 12.6. The first kappa shape index (κ1) is 25.1. The zero-order valence-corrected chi connectivity index (χ0v) is 19.9. The van der Waals surface area contributed by atoms with Crippen LogP contribution in [0.5, 0.6) is 11.5 Å². The number of fused-ring (bicyclic) bond motifs is 2. The minimum absolute atomic E-state index is 0.0461. The maximum absolute atomic E-state index is 13.3. The van der Waals surface area contributed by atoms with Gasteiger partial charge >= 0.3 is 12.1 Å². The predicted molar refractivity (Wildman–Crippen MR) is 125 cm³/mol.